The summed E-state index contributed by atoms with van der Waals surface area (Å²) in [7, 11) is 0. The van der Waals surface area contributed by atoms with Gasteiger partial charge in [0.2, 0.25) is 0 Å². The smallest absolute Gasteiger partial charge is 0.253 e. The summed E-state index contributed by atoms with van der Waals surface area (Å²) < 4.78 is 7.76. The number of amides is 1. The molecule has 1 amide bonds. The summed E-state index contributed by atoms with van der Waals surface area (Å²) in [4.78, 5) is 21.1. The van der Waals surface area contributed by atoms with Gasteiger partial charge < -0.3 is 10.1 Å². The van der Waals surface area contributed by atoms with Gasteiger partial charge in [-0.25, -0.2) is 4.98 Å². The van der Waals surface area contributed by atoms with Crippen molar-refractivity contribution >= 4 is 5.91 Å². The number of carbonyl (C=O) groups excluding carboxylic acids is 1. The van der Waals surface area contributed by atoms with Crippen LogP contribution >= 0.6 is 0 Å². The van der Waals surface area contributed by atoms with Crippen molar-refractivity contribution < 1.29 is 9.53 Å². The highest BCUT2D eigenvalue weighted by atomic mass is 16.5. The molecule has 28 heavy (non-hydrogen) atoms. The third-order valence-electron chi connectivity index (χ3n) is 4.95. The Hall–Kier alpha value is -3.29. The SMILES string of the molecule is Cc1ncccc1OC1CCC(NC(=O)c2ccc(-n3cnnc3)nc2)CC1. The lowest BCUT2D eigenvalue weighted by molar-refractivity contribution is 0.0893. The minimum atomic E-state index is -0.102. The second kappa shape index (κ2) is 8.16. The van der Waals surface area contributed by atoms with Crippen molar-refractivity contribution in [2.75, 3.05) is 0 Å². The van der Waals surface area contributed by atoms with Crippen LogP contribution in [-0.4, -0.2) is 42.8 Å². The Balaban J connectivity index is 1.28. The average Bonchev–Trinajstić information content (AvgIpc) is 3.26. The van der Waals surface area contributed by atoms with Crippen LogP contribution in [0.1, 0.15) is 41.7 Å². The van der Waals surface area contributed by atoms with Crippen LogP contribution in [0.2, 0.25) is 0 Å². The van der Waals surface area contributed by atoms with Gasteiger partial charge in [0.1, 0.15) is 24.2 Å². The maximum atomic E-state index is 12.5. The summed E-state index contributed by atoms with van der Waals surface area (Å²) in [6.07, 6.45) is 10.2. The van der Waals surface area contributed by atoms with Gasteiger partial charge in [0, 0.05) is 18.4 Å². The van der Waals surface area contributed by atoms with Crippen molar-refractivity contribution in [2.24, 2.45) is 0 Å². The maximum absolute atomic E-state index is 12.5. The first-order valence-electron chi connectivity index (χ1n) is 9.39. The topological polar surface area (TPSA) is 94.8 Å². The molecule has 8 heteroatoms. The molecule has 0 spiro atoms. The van der Waals surface area contributed by atoms with Crippen molar-refractivity contribution in [3.8, 4) is 11.6 Å². The molecule has 144 valence electrons. The fourth-order valence-electron chi connectivity index (χ4n) is 3.36. The van der Waals surface area contributed by atoms with Crippen molar-refractivity contribution in [1.82, 2.24) is 30.0 Å². The molecular formula is C20H22N6O2. The van der Waals surface area contributed by atoms with Crippen LogP contribution in [-0.2, 0) is 0 Å². The number of pyridine rings is 2. The first-order valence-corrected chi connectivity index (χ1v) is 9.39. The number of nitrogens with zero attached hydrogens (tertiary/aromatic N) is 5. The summed E-state index contributed by atoms with van der Waals surface area (Å²) in [6, 6.07) is 7.53. The molecule has 0 atom stereocenters. The second-order valence-corrected chi connectivity index (χ2v) is 6.93. The van der Waals surface area contributed by atoms with Gasteiger partial charge in [-0.2, -0.15) is 0 Å². The number of hydrogen-bond donors (Lipinski definition) is 1. The van der Waals surface area contributed by atoms with Gasteiger partial charge >= 0.3 is 0 Å². The molecule has 4 rings (SSSR count). The van der Waals surface area contributed by atoms with E-state index in [4.69, 9.17) is 4.74 Å². The standard InChI is InChI=1S/C20H22N6O2/c1-14-18(3-2-10-21-14)28-17-7-5-16(6-8-17)25-20(27)15-4-9-19(22-11-15)26-12-23-24-13-26/h2-4,9-13,16-17H,5-8H2,1H3,(H,25,27). The van der Waals surface area contributed by atoms with E-state index in [1.54, 1.807) is 41.7 Å². The van der Waals surface area contributed by atoms with E-state index in [1.807, 2.05) is 19.1 Å². The molecule has 1 aliphatic rings. The molecule has 3 aromatic heterocycles. The fourth-order valence-corrected chi connectivity index (χ4v) is 3.36. The van der Waals surface area contributed by atoms with Gasteiger partial charge in [0.25, 0.3) is 5.91 Å². The van der Waals surface area contributed by atoms with Gasteiger partial charge in [-0.15, -0.1) is 10.2 Å². The van der Waals surface area contributed by atoms with Crippen LogP contribution < -0.4 is 10.1 Å². The van der Waals surface area contributed by atoms with Crippen molar-refractivity contribution in [1.29, 1.82) is 0 Å². The van der Waals surface area contributed by atoms with Crippen LogP contribution in [0.5, 0.6) is 5.75 Å². The first-order chi connectivity index (χ1) is 13.7. The monoisotopic (exact) mass is 378 g/mol. The Morgan fingerprint density at radius 3 is 2.57 bits per heavy atom. The molecule has 0 aromatic carbocycles. The first kappa shape index (κ1) is 18.1. The van der Waals surface area contributed by atoms with E-state index in [-0.39, 0.29) is 18.1 Å². The molecule has 1 aliphatic carbocycles. The quantitative estimate of drug-likeness (QED) is 0.733. The van der Waals surface area contributed by atoms with E-state index in [2.05, 4.69) is 25.5 Å². The third kappa shape index (κ3) is 4.16. The Bertz CT molecular complexity index is 918. The lowest BCUT2D eigenvalue weighted by Gasteiger charge is -2.29. The van der Waals surface area contributed by atoms with Gasteiger partial charge in [0.15, 0.2) is 0 Å². The molecule has 0 aliphatic heterocycles. The fraction of sp³-hybridized carbons (Fsp3) is 0.350. The number of nitrogens with one attached hydrogen (secondary N) is 1. The molecule has 0 bridgehead atoms. The van der Waals surface area contributed by atoms with Gasteiger partial charge in [0.05, 0.1) is 17.4 Å². The summed E-state index contributed by atoms with van der Waals surface area (Å²) in [6.45, 7) is 1.95. The van der Waals surface area contributed by atoms with Crippen molar-refractivity contribution in [3.63, 3.8) is 0 Å². The molecule has 1 saturated carbocycles. The highest BCUT2D eigenvalue weighted by Crippen LogP contribution is 2.25. The number of rotatable bonds is 5. The minimum Gasteiger partial charge on any atom is -0.489 e. The number of aryl methyl sites for hydroxylation is 1. The maximum Gasteiger partial charge on any atom is 0.253 e. The van der Waals surface area contributed by atoms with E-state index in [1.165, 1.54) is 0 Å². The molecule has 0 saturated heterocycles. The van der Waals surface area contributed by atoms with Crippen LogP contribution in [0, 0.1) is 6.92 Å². The largest absolute Gasteiger partial charge is 0.489 e. The lowest BCUT2D eigenvalue weighted by atomic mass is 9.92. The molecule has 1 N–H and O–H groups in total. The van der Waals surface area contributed by atoms with E-state index >= 15 is 0 Å². The Kier molecular flexibility index (Phi) is 5.27. The normalized spacial score (nSPS) is 19.2. The van der Waals surface area contributed by atoms with Crippen molar-refractivity contribution in [3.05, 3.63) is 60.6 Å². The predicted molar refractivity (Wildman–Crippen MR) is 102 cm³/mol. The van der Waals surface area contributed by atoms with Crippen molar-refractivity contribution in [2.45, 2.75) is 44.8 Å². The number of ether oxygens (including phenoxy) is 1. The summed E-state index contributed by atoms with van der Waals surface area (Å²) >= 11 is 0. The van der Waals surface area contributed by atoms with E-state index in [9.17, 15) is 4.79 Å². The molecule has 3 heterocycles. The van der Waals surface area contributed by atoms with E-state index in [0.29, 0.717) is 11.4 Å². The molecule has 1 fully saturated rings. The van der Waals surface area contributed by atoms with Crippen LogP contribution in [0.3, 0.4) is 0 Å². The molecule has 0 unspecified atom stereocenters. The van der Waals surface area contributed by atoms with Gasteiger partial charge in [-0.3, -0.25) is 14.3 Å². The minimum absolute atomic E-state index is 0.102. The van der Waals surface area contributed by atoms with Gasteiger partial charge in [-0.1, -0.05) is 0 Å². The molecule has 0 radical (unpaired) electrons. The van der Waals surface area contributed by atoms with Crippen LogP contribution in [0.25, 0.3) is 5.82 Å². The zero-order valence-electron chi connectivity index (χ0n) is 15.7. The third-order valence-corrected chi connectivity index (χ3v) is 4.95. The number of carbonyl (C=O) groups is 1. The summed E-state index contributed by atoms with van der Waals surface area (Å²) in [5.74, 6) is 1.41. The van der Waals surface area contributed by atoms with Gasteiger partial charge in [-0.05, 0) is 56.9 Å². The van der Waals surface area contributed by atoms with Crippen LogP contribution in [0.15, 0.2) is 49.3 Å². The Morgan fingerprint density at radius 1 is 1.11 bits per heavy atom. The number of aromatic nitrogens is 5. The van der Waals surface area contributed by atoms with Crippen LogP contribution in [0.4, 0.5) is 0 Å². The Morgan fingerprint density at radius 2 is 1.89 bits per heavy atom. The zero-order chi connectivity index (χ0) is 19.3. The number of hydrogen-bond acceptors (Lipinski definition) is 6. The highest BCUT2D eigenvalue weighted by Gasteiger charge is 2.24. The highest BCUT2D eigenvalue weighted by molar-refractivity contribution is 5.94. The molecule has 8 nitrogen and oxygen atoms in total. The van der Waals surface area contributed by atoms with E-state index in [0.717, 1.165) is 37.1 Å². The van der Waals surface area contributed by atoms with E-state index < -0.39 is 0 Å². The summed E-state index contributed by atoms with van der Waals surface area (Å²) in [5.41, 5.74) is 1.45. The second-order valence-electron chi connectivity index (χ2n) is 6.93. The Labute approximate surface area is 163 Å². The molecular weight excluding hydrogens is 356 g/mol. The predicted octanol–water partition coefficient (Wildman–Crippen LogP) is 2.49. The zero-order valence-corrected chi connectivity index (χ0v) is 15.7. The molecule has 3 aromatic rings. The average molecular weight is 378 g/mol. The summed E-state index contributed by atoms with van der Waals surface area (Å²) in [5, 5.41) is 10.6. The lowest BCUT2D eigenvalue weighted by Crippen LogP contribution is -2.39.